The van der Waals surface area contributed by atoms with Crippen LogP contribution in [0.5, 0.6) is 0 Å². The van der Waals surface area contributed by atoms with E-state index >= 15 is 0 Å². The molecule has 2 unspecified atom stereocenters. The summed E-state index contributed by atoms with van der Waals surface area (Å²) < 4.78 is 26.8. The van der Waals surface area contributed by atoms with Crippen molar-refractivity contribution in [3.05, 3.63) is 102 Å². The number of benzene rings is 3. The van der Waals surface area contributed by atoms with Crippen molar-refractivity contribution in [3.63, 3.8) is 0 Å². The monoisotopic (exact) mass is 508 g/mol. The van der Waals surface area contributed by atoms with Crippen LogP contribution in [0.2, 0.25) is 0 Å². The predicted molar refractivity (Wildman–Crippen MR) is 125 cm³/mol. The molecule has 0 amide bonds. The van der Waals surface area contributed by atoms with Crippen LogP contribution in [-0.2, 0) is 25.5 Å². The van der Waals surface area contributed by atoms with Gasteiger partial charge in [-0.2, -0.15) is 0 Å². The van der Waals surface area contributed by atoms with Gasteiger partial charge in [0.05, 0.1) is 0 Å². The number of hydrogen-bond acceptors (Lipinski definition) is 5. The Morgan fingerprint density at radius 3 is 1.67 bits per heavy atom. The third-order valence-corrected chi connectivity index (χ3v) is 7.64. The first kappa shape index (κ1) is 21.5. The Bertz CT molecular complexity index is 1020. The molecule has 2 radical (unpaired) electrons. The van der Waals surface area contributed by atoms with Gasteiger partial charge in [-0.05, 0) is 0 Å². The average Bonchev–Trinajstić information content (AvgIpc) is 3.18. The van der Waals surface area contributed by atoms with Crippen molar-refractivity contribution in [1.82, 2.24) is 4.90 Å². The van der Waals surface area contributed by atoms with E-state index in [9.17, 15) is 0 Å². The number of hydrogen-bond donors (Lipinski definition) is 0. The molecule has 3 fully saturated rings. The SMILES string of the molecule is [Se+]c1ccccc1CN1[C@H]2COC(c3ccccc3)O[C@H]2[C@@H]2OC(c3ccccc3)OC[C@@H]21. The van der Waals surface area contributed by atoms with Crippen LogP contribution in [0.4, 0.5) is 0 Å². The van der Waals surface area contributed by atoms with Crippen LogP contribution >= 0.6 is 0 Å². The van der Waals surface area contributed by atoms with E-state index in [1.165, 1.54) is 5.56 Å². The molecule has 3 aliphatic rings. The van der Waals surface area contributed by atoms with E-state index in [-0.39, 0.29) is 36.9 Å². The molecule has 0 bridgehead atoms. The molecule has 6 heteroatoms. The molecule has 3 aromatic rings. The third kappa shape index (κ3) is 4.17. The molecule has 6 atom stereocenters. The molecule has 5 nitrogen and oxygen atoms in total. The number of ether oxygens (including phenoxy) is 4. The van der Waals surface area contributed by atoms with E-state index in [0.717, 1.165) is 22.1 Å². The number of rotatable bonds is 4. The summed E-state index contributed by atoms with van der Waals surface area (Å²) in [5.74, 6) is 0. The molecular weight excluding hydrogens is 481 g/mol. The maximum atomic E-state index is 6.60. The molecule has 0 aliphatic carbocycles. The second kappa shape index (κ2) is 9.32. The first-order valence-corrected chi connectivity index (χ1v) is 12.3. The number of fused-ring (bicyclic) bond motifs is 3. The molecule has 3 aromatic carbocycles. The second-order valence-corrected chi connectivity index (χ2v) is 9.69. The summed E-state index contributed by atoms with van der Waals surface area (Å²) in [4.78, 5) is 2.45. The second-order valence-electron chi connectivity index (χ2n) is 8.77. The normalized spacial score (nSPS) is 31.6. The van der Waals surface area contributed by atoms with Gasteiger partial charge in [-0.25, -0.2) is 0 Å². The summed E-state index contributed by atoms with van der Waals surface area (Å²) in [5.41, 5.74) is 3.32. The first-order chi connectivity index (χ1) is 16.3. The van der Waals surface area contributed by atoms with Crippen LogP contribution in [0.25, 0.3) is 0 Å². The van der Waals surface area contributed by atoms with E-state index in [0.29, 0.717) is 13.2 Å². The Morgan fingerprint density at radius 2 is 1.15 bits per heavy atom. The van der Waals surface area contributed by atoms with Gasteiger partial charge in [0.2, 0.25) is 0 Å². The summed E-state index contributed by atoms with van der Waals surface area (Å²) in [6.07, 6.45) is -0.975. The predicted octanol–water partition coefficient (Wildman–Crippen LogP) is 3.26. The standard InChI is InChI=1S/C27H26NO4Se/c33-23-14-8-7-13-20(23)15-28-21-16-29-26(18-9-3-1-4-10-18)31-24(21)25-22(28)17-30-27(32-25)19-11-5-2-6-12-19/h1-14,21-22,24-27H,15-17H2/q+1/t21-,22-,24+,25+,26?,27?/m0/s1. The van der Waals surface area contributed by atoms with E-state index < -0.39 is 0 Å². The zero-order valence-electron chi connectivity index (χ0n) is 18.2. The van der Waals surface area contributed by atoms with Gasteiger partial charge < -0.3 is 0 Å². The number of nitrogens with zero attached hydrogens (tertiary/aromatic N) is 1. The fraction of sp³-hybridized carbons (Fsp3) is 0.333. The van der Waals surface area contributed by atoms with Crippen molar-refractivity contribution in [2.24, 2.45) is 0 Å². The van der Waals surface area contributed by atoms with Crippen LogP contribution in [0.3, 0.4) is 0 Å². The van der Waals surface area contributed by atoms with E-state index in [4.69, 9.17) is 18.9 Å². The molecule has 0 N–H and O–H groups in total. The molecule has 6 rings (SSSR count). The molecule has 3 heterocycles. The Morgan fingerprint density at radius 1 is 0.667 bits per heavy atom. The summed E-state index contributed by atoms with van der Waals surface area (Å²) in [6.45, 7) is 1.97. The topological polar surface area (TPSA) is 40.2 Å². The average molecular weight is 507 g/mol. The first-order valence-electron chi connectivity index (χ1n) is 11.4. The van der Waals surface area contributed by atoms with E-state index in [1.54, 1.807) is 0 Å². The Hall–Kier alpha value is -2.02. The number of likely N-dealkylation sites (tertiary alicyclic amines) is 1. The van der Waals surface area contributed by atoms with Gasteiger partial charge in [-0.15, -0.1) is 0 Å². The molecule has 0 saturated carbocycles. The van der Waals surface area contributed by atoms with Crippen LogP contribution in [0, 0.1) is 0 Å². The van der Waals surface area contributed by atoms with Crippen LogP contribution in [-0.4, -0.2) is 58.4 Å². The minimum absolute atomic E-state index is 0.0951. The molecular formula is C27H26NO4Se+. The fourth-order valence-electron chi connectivity index (χ4n) is 5.15. The summed E-state index contributed by atoms with van der Waals surface area (Å²) in [6, 6.07) is 28.9. The molecule has 3 saturated heterocycles. The van der Waals surface area contributed by atoms with Crippen LogP contribution < -0.4 is 4.46 Å². The zero-order chi connectivity index (χ0) is 22.2. The zero-order valence-corrected chi connectivity index (χ0v) is 19.9. The fourth-order valence-corrected chi connectivity index (χ4v) is 5.59. The van der Waals surface area contributed by atoms with Crippen molar-refractivity contribution < 1.29 is 18.9 Å². The summed E-state index contributed by atoms with van der Waals surface area (Å²) in [7, 11) is 0. The quantitative estimate of drug-likeness (QED) is 0.508. The molecule has 0 aromatic heterocycles. The van der Waals surface area contributed by atoms with Crippen molar-refractivity contribution in [2.45, 2.75) is 43.4 Å². The van der Waals surface area contributed by atoms with E-state index in [2.05, 4.69) is 69.4 Å². The minimum atomic E-state index is -0.388. The Kier molecular flexibility index (Phi) is 6.07. The third-order valence-electron chi connectivity index (χ3n) is 6.80. The summed E-state index contributed by atoms with van der Waals surface area (Å²) >= 11 is 3.19. The van der Waals surface area contributed by atoms with Gasteiger partial charge in [-0.1, -0.05) is 0 Å². The van der Waals surface area contributed by atoms with Gasteiger partial charge >= 0.3 is 203 Å². The van der Waals surface area contributed by atoms with Crippen molar-refractivity contribution >= 4 is 20.5 Å². The van der Waals surface area contributed by atoms with E-state index in [1.807, 2.05) is 36.4 Å². The van der Waals surface area contributed by atoms with Gasteiger partial charge in [0.25, 0.3) is 0 Å². The van der Waals surface area contributed by atoms with Gasteiger partial charge in [-0.3, -0.25) is 0 Å². The molecule has 33 heavy (non-hydrogen) atoms. The molecule has 0 spiro atoms. The van der Waals surface area contributed by atoms with Gasteiger partial charge in [0, 0.05) is 0 Å². The van der Waals surface area contributed by atoms with Crippen molar-refractivity contribution in [3.8, 4) is 0 Å². The summed E-state index contributed by atoms with van der Waals surface area (Å²) in [5, 5.41) is 0. The van der Waals surface area contributed by atoms with Gasteiger partial charge in [0.1, 0.15) is 0 Å². The molecule has 168 valence electrons. The maximum absolute atomic E-state index is 6.60. The van der Waals surface area contributed by atoms with Crippen molar-refractivity contribution in [1.29, 1.82) is 0 Å². The Labute approximate surface area is 202 Å². The van der Waals surface area contributed by atoms with Gasteiger partial charge in [0.15, 0.2) is 0 Å². The van der Waals surface area contributed by atoms with Crippen LogP contribution in [0.15, 0.2) is 84.9 Å². The Balaban J connectivity index is 1.30. The van der Waals surface area contributed by atoms with Crippen LogP contribution in [0.1, 0.15) is 29.3 Å². The molecule has 3 aliphatic heterocycles. The van der Waals surface area contributed by atoms with Crippen molar-refractivity contribution in [2.75, 3.05) is 13.2 Å².